The highest BCUT2D eigenvalue weighted by Gasteiger charge is 2.34. The maximum absolute atomic E-state index is 12.7. The van der Waals surface area contributed by atoms with Crippen LogP contribution in [-0.2, 0) is 11.3 Å². The molecule has 5 nitrogen and oxygen atoms in total. The van der Waals surface area contributed by atoms with Crippen molar-refractivity contribution in [1.29, 1.82) is 0 Å². The molecule has 0 spiro atoms. The maximum Gasteiger partial charge on any atom is 0.319 e. The van der Waals surface area contributed by atoms with E-state index < -0.39 is 6.55 Å². The molecule has 2 atom stereocenters. The van der Waals surface area contributed by atoms with E-state index in [1.807, 2.05) is 0 Å². The summed E-state index contributed by atoms with van der Waals surface area (Å²) in [4.78, 5) is 17.7. The van der Waals surface area contributed by atoms with E-state index in [9.17, 15) is 13.6 Å². The van der Waals surface area contributed by atoms with Gasteiger partial charge in [0.05, 0.1) is 6.54 Å². The average Bonchev–Trinajstić information content (AvgIpc) is 3.05. The molecule has 0 aromatic carbocycles. The number of hydrogen-bond donors (Lipinski definition) is 1. The largest absolute Gasteiger partial charge is 0.338 e. The van der Waals surface area contributed by atoms with Crippen molar-refractivity contribution < 1.29 is 13.6 Å². The fourth-order valence-corrected chi connectivity index (χ4v) is 2.86. The Bertz CT molecular complexity index is 473. The van der Waals surface area contributed by atoms with Gasteiger partial charge in [-0.05, 0) is 25.3 Å². The van der Waals surface area contributed by atoms with Gasteiger partial charge in [0, 0.05) is 25.4 Å². The predicted octanol–water partition coefficient (Wildman–Crippen LogP) is 2.46. The second-order valence-electron chi connectivity index (χ2n) is 5.26. The van der Waals surface area contributed by atoms with Crippen molar-refractivity contribution in [2.75, 3.05) is 13.6 Å². The molecule has 1 aliphatic carbocycles. The number of halogens is 4. The van der Waals surface area contributed by atoms with Crippen molar-refractivity contribution in [3.63, 3.8) is 0 Å². The van der Waals surface area contributed by atoms with Gasteiger partial charge in [0.15, 0.2) is 0 Å². The lowest BCUT2D eigenvalue weighted by Crippen LogP contribution is -2.36. The number of alkyl halides is 2. The van der Waals surface area contributed by atoms with Gasteiger partial charge < -0.3 is 10.6 Å². The zero-order chi connectivity index (χ0) is 14.7. The molecule has 1 saturated carbocycles. The second kappa shape index (κ2) is 9.27. The number of carbonyl (C=O) groups excluding carboxylic acids is 1. The summed E-state index contributed by atoms with van der Waals surface area (Å²) in [6.45, 7) is -2.06. The summed E-state index contributed by atoms with van der Waals surface area (Å²) < 4.78 is 26.2. The van der Waals surface area contributed by atoms with Crippen LogP contribution in [0.15, 0.2) is 12.4 Å². The predicted molar refractivity (Wildman–Crippen MR) is 84.3 cm³/mol. The monoisotopic (exact) mass is 358 g/mol. The van der Waals surface area contributed by atoms with Gasteiger partial charge in [-0.15, -0.1) is 24.8 Å². The van der Waals surface area contributed by atoms with Crippen molar-refractivity contribution in [2.24, 2.45) is 17.6 Å². The summed E-state index contributed by atoms with van der Waals surface area (Å²) in [7, 11) is 1.62. The molecule has 0 saturated heterocycles. The van der Waals surface area contributed by atoms with Gasteiger partial charge in [-0.3, -0.25) is 9.36 Å². The van der Waals surface area contributed by atoms with Crippen LogP contribution >= 0.6 is 24.8 Å². The van der Waals surface area contributed by atoms with Gasteiger partial charge in [0.25, 0.3) is 0 Å². The van der Waals surface area contributed by atoms with E-state index >= 15 is 0 Å². The van der Waals surface area contributed by atoms with E-state index in [-0.39, 0.29) is 54.9 Å². The summed E-state index contributed by atoms with van der Waals surface area (Å²) in [6, 6.07) is 0. The van der Waals surface area contributed by atoms with Gasteiger partial charge in [-0.25, -0.2) is 4.98 Å². The lowest BCUT2D eigenvalue weighted by molar-refractivity contribution is -0.136. The molecule has 0 radical (unpaired) electrons. The zero-order valence-corrected chi connectivity index (χ0v) is 14.0. The summed E-state index contributed by atoms with van der Waals surface area (Å²) in [5.41, 5.74) is 5.68. The van der Waals surface area contributed by atoms with E-state index in [2.05, 4.69) is 4.98 Å². The first-order valence-electron chi connectivity index (χ1n) is 6.79. The van der Waals surface area contributed by atoms with E-state index in [0.717, 1.165) is 23.8 Å². The van der Waals surface area contributed by atoms with Crippen LogP contribution in [0.25, 0.3) is 0 Å². The number of nitrogens with two attached hydrogens (primary N) is 1. The molecule has 128 valence electrons. The van der Waals surface area contributed by atoms with Crippen LogP contribution in [0.5, 0.6) is 0 Å². The van der Waals surface area contributed by atoms with Crippen LogP contribution in [0.2, 0.25) is 0 Å². The van der Waals surface area contributed by atoms with Gasteiger partial charge in [-0.2, -0.15) is 8.78 Å². The molecule has 0 aliphatic heterocycles. The maximum atomic E-state index is 12.7. The lowest BCUT2D eigenvalue weighted by atomic mass is 9.95. The van der Waals surface area contributed by atoms with E-state index in [0.29, 0.717) is 6.54 Å². The van der Waals surface area contributed by atoms with Crippen LogP contribution in [0.3, 0.4) is 0 Å². The van der Waals surface area contributed by atoms with Gasteiger partial charge >= 0.3 is 6.55 Å². The molecule has 1 aliphatic rings. The molecule has 2 N–H and O–H groups in total. The average molecular weight is 359 g/mol. The Hall–Kier alpha value is -0.920. The van der Waals surface area contributed by atoms with Crippen LogP contribution in [0.4, 0.5) is 8.78 Å². The molecule has 9 heteroatoms. The molecule has 2 rings (SSSR count). The molecule has 1 aromatic heterocycles. The molecule has 1 aromatic rings. The molecule has 0 unspecified atom stereocenters. The molecular formula is C13H22Cl2F2N4O. The molecule has 1 heterocycles. The third-order valence-electron chi connectivity index (χ3n) is 3.99. The Kier molecular flexibility index (Phi) is 8.88. The van der Waals surface area contributed by atoms with E-state index in [1.165, 1.54) is 17.3 Å². The van der Waals surface area contributed by atoms with Crippen LogP contribution in [0, 0.1) is 11.8 Å². The second-order valence-corrected chi connectivity index (χ2v) is 5.26. The van der Waals surface area contributed by atoms with Crippen molar-refractivity contribution in [3.05, 3.63) is 18.2 Å². The minimum Gasteiger partial charge on any atom is -0.338 e. The molecule has 22 heavy (non-hydrogen) atoms. The lowest BCUT2D eigenvalue weighted by Gasteiger charge is -2.24. The molecule has 1 fully saturated rings. The highest BCUT2D eigenvalue weighted by molar-refractivity contribution is 5.85. The van der Waals surface area contributed by atoms with Crippen LogP contribution in [0.1, 0.15) is 31.6 Å². The first-order chi connectivity index (χ1) is 9.54. The number of aromatic nitrogens is 2. The molecule has 1 amide bonds. The smallest absolute Gasteiger partial charge is 0.319 e. The van der Waals surface area contributed by atoms with Crippen molar-refractivity contribution in [3.8, 4) is 0 Å². The van der Waals surface area contributed by atoms with Crippen molar-refractivity contribution >= 4 is 30.7 Å². The minimum absolute atomic E-state index is 0. The highest BCUT2D eigenvalue weighted by atomic mass is 35.5. The fourth-order valence-electron chi connectivity index (χ4n) is 2.86. The summed E-state index contributed by atoms with van der Waals surface area (Å²) in [6.07, 6.45) is 5.33. The van der Waals surface area contributed by atoms with Gasteiger partial charge in [0.2, 0.25) is 5.91 Å². The van der Waals surface area contributed by atoms with Crippen molar-refractivity contribution in [1.82, 2.24) is 14.5 Å². The number of carbonyl (C=O) groups is 1. The topological polar surface area (TPSA) is 64.2 Å². The minimum atomic E-state index is -2.64. The molecular weight excluding hydrogens is 337 g/mol. The highest BCUT2D eigenvalue weighted by Crippen LogP contribution is 2.32. The van der Waals surface area contributed by atoms with E-state index in [1.54, 1.807) is 7.05 Å². The third kappa shape index (κ3) is 4.54. The Balaban J connectivity index is 0.00000220. The van der Waals surface area contributed by atoms with E-state index in [4.69, 9.17) is 5.73 Å². The number of amides is 1. The first-order valence-corrected chi connectivity index (χ1v) is 6.79. The quantitative estimate of drug-likeness (QED) is 0.879. The van der Waals surface area contributed by atoms with Gasteiger partial charge in [0.1, 0.15) is 5.82 Å². The van der Waals surface area contributed by atoms with Crippen molar-refractivity contribution in [2.45, 2.75) is 32.4 Å². The van der Waals surface area contributed by atoms with Gasteiger partial charge in [-0.1, -0.05) is 6.42 Å². The zero-order valence-electron chi connectivity index (χ0n) is 12.3. The Morgan fingerprint density at radius 1 is 1.50 bits per heavy atom. The third-order valence-corrected chi connectivity index (χ3v) is 3.99. The Morgan fingerprint density at radius 2 is 2.18 bits per heavy atom. The normalized spacial score (nSPS) is 20.4. The number of rotatable bonds is 5. The van der Waals surface area contributed by atoms with Crippen LogP contribution < -0.4 is 5.73 Å². The Morgan fingerprint density at radius 3 is 2.77 bits per heavy atom. The summed E-state index contributed by atoms with van der Waals surface area (Å²) >= 11 is 0. The summed E-state index contributed by atoms with van der Waals surface area (Å²) in [5.74, 6) is 0.291. The SMILES string of the molecule is CN(Cc1nccn1C(F)F)C(=O)[C@@H]1CCC[C@@H]1CN.Cl.Cl. The standard InChI is InChI=1S/C13H20F2N4O.2ClH/c1-18(8-11-17-5-6-19(11)13(14)15)12(20)10-4-2-3-9(10)7-16;;/h5-6,9-10,13H,2-4,7-8,16H2,1H3;2*1H/t9-,10-;;/m1../s1. The summed E-state index contributed by atoms with van der Waals surface area (Å²) in [5, 5.41) is 0. The van der Waals surface area contributed by atoms with Crippen LogP contribution in [-0.4, -0.2) is 34.0 Å². The number of hydrogen-bond acceptors (Lipinski definition) is 3. The fraction of sp³-hybridized carbons (Fsp3) is 0.692. The number of nitrogens with zero attached hydrogens (tertiary/aromatic N) is 3. The first kappa shape index (κ1) is 21.1. The Labute approximate surface area is 141 Å². The number of imidazole rings is 1. The molecule has 0 bridgehead atoms.